The van der Waals surface area contributed by atoms with Crippen LogP contribution in [-0.4, -0.2) is 35.9 Å². The Labute approximate surface area is 169 Å². The molecule has 0 spiro atoms. The molecule has 1 N–H and O–H groups in total. The lowest BCUT2D eigenvalue weighted by atomic mass is 10.1. The number of carbonyl (C=O) groups is 2. The number of ether oxygens (including phenoxy) is 1. The smallest absolute Gasteiger partial charge is 0.261 e. The number of halogens is 2. The first kappa shape index (κ1) is 21.7. The Hall–Kier alpha value is -2.60. The number of hydrogen-bond donors (Lipinski definition) is 1. The molecule has 0 saturated heterocycles. The van der Waals surface area contributed by atoms with Gasteiger partial charge in [-0.15, -0.1) is 0 Å². The fraction of sp³-hybridized carbons (Fsp3) is 0.333. The molecular weight excluding hydrogens is 383 g/mol. The maximum absolute atomic E-state index is 14.1. The maximum Gasteiger partial charge on any atom is 0.261 e. The van der Waals surface area contributed by atoms with Crippen molar-refractivity contribution in [3.05, 3.63) is 64.9 Å². The highest BCUT2D eigenvalue weighted by Crippen LogP contribution is 2.23. The van der Waals surface area contributed by atoms with Crippen LogP contribution in [0.5, 0.6) is 5.75 Å². The molecule has 0 aliphatic rings. The molecule has 0 aromatic heterocycles. The summed E-state index contributed by atoms with van der Waals surface area (Å²) in [7, 11) is 0. The molecule has 1 unspecified atom stereocenters. The van der Waals surface area contributed by atoms with Gasteiger partial charge in [-0.25, -0.2) is 4.39 Å². The molecule has 5 nitrogen and oxygen atoms in total. The Morgan fingerprint density at radius 2 is 1.86 bits per heavy atom. The van der Waals surface area contributed by atoms with Crippen LogP contribution in [0.3, 0.4) is 0 Å². The van der Waals surface area contributed by atoms with Gasteiger partial charge in [0.2, 0.25) is 5.91 Å². The molecule has 0 bridgehead atoms. The standard InChI is InChI=1S/C21H24ClFN2O3/c1-3-12-24-21(27)15(2)25(13-16-8-4-6-10-18(16)23)20(26)14-28-19-11-7-5-9-17(19)22/h4-11,15H,3,12-14H2,1-2H3,(H,24,27). The van der Waals surface area contributed by atoms with E-state index < -0.39 is 17.8 Å². The minimum absolute atomic E-state index is 0.0436. The molecule has 2 rings (SSSR count). The van der Waals surface area contributed by atoms with Crippen molar-refractivity contribution in [3.8, 4) is 5.75 Å². The molecule has 150 valence electrons. The second-order valence-corrected chi connectivity index (χ2v) is 6.71. The zero-order valence-electron chi connectivity index (χ0n) is 16.0. The van der Waals surface area contributed by atoms with Crippen molar-refractivity contribution in [2.24, 2.45) is 0 Å². The summed E-state index contributed by atoms with van der Waals surface area (Å²) in [6.07, 6.45) is 0.773. The van der Waals surface area contributed by atoms with Crippen LogP contribution in [0.25, 0.3) is 0 Å². The highest BCUT2D eigenvalue weighted by atomic mass is 35.5. The molecule has 0 saturated carbocycles. The van der Waals surface area contributed by atoms with Gasteiger partial charge in [-0.2, -0.15) is 0 Å². The van der Waals surface area contributed by atoms with Gasteiger partial charge < -0.3 is 15.0 Å². The quantitative estimate of drug-likeness (QED) is 0.689. The fourth-order valence-electron chi connectivity index (χ4n) is 2.57. The first-order valence-electron chi connectivity index (χ1n) is 9.12. The van der Waals surface area contributed by atoms with Gasteiger partial charge in [0.1, 0.15) is 17.6 Å². The van der Waals surface area contributed by atoms with Gasteiger partial charge in [0.25, 0.3) is 5.91 Å². The second-order valence-electron chi connectivity index (χ2n) is 6.30. The molecule has 0 aliphatic heterocycles. The lowest BCUT2D eigenvalue weighted by Gasteiger charge is -2.29. The second kappa shape index (κ2) is 10.7. The summed E-state index contributed by atoms with van der Waals surface area (Å²) in [4.78, 5) is 26.5. The molecule has 2 aromatic carbocycles. The average Bonchev–Trinajstić information content (AvgIpc) is 2.70. The van der Waals surface area contributed by atoms with Crippen LogP contribution >= 0.6 is 11.6 Å². The number of nitrogens with one attached hydrogen (secondary N) is 1. The Kier molecular flexibility index (Phi) is 8.26. The van der Waals surface area contributed by atoms with E-state index in [0.717, 1.165) is 6.42 Å². The molecule has 0 fully saturated rings. The number of carbonyl (C=O) groups excluding carboxylic acids is 2. The van der Waals surface area contributed by atoms with Crippen LogP contribution < -0.4 is 10.1 Å². The summed E-state index contributed by atoms with van der Waals surface area (Å²) in [6.45, 7) is 3.69. The summed E-state index contributed by atoms with van der Waals surface area (Å²) in [5, 5.41) is 3.14. The average molecular weight is 407 g/mol. The normalized spacial score (nSPS) is 11.6. The predicted octanol–water partition coefficient (Wildman–Crippen LogP) is 3.80. The lowest BCUT2D eigenvalue weighted by Crippen LogP contribution is -2.49. The SMILES string of the molecule is CCCNC(=O)C(C)N(Cc1ccccc1F)C(=O)COc1ccccc1Cl. The largest absolute Gasteiger partial charge is 0.482 e. The van der Waals surface area contributed by atoms with Gasteiger partial charge in [0.05, 0.1) is 5.02 Å². The van der Waals surface area contributed by atoms with Gasteiger partial charge in [-0.3, -0.25) is 9.59 Å². The van der Waals surface area contributed by atoms with E-state index in [4.69, 9.17) is 16.3 Å². The summed E-state index contributed by atoms with van der Waals surface area (Å²) in [5.74, 6) is -0.813. The molecule has 28 heavy (non-hydrogen) atoms. The Morgan fingerprint density at radius 1 is 1.18 bits per heavy atom. The van der Waals surface area contributed by atoms with Crippen molar-refractivity contribution in [2.75, 3.05) is 13.2 Å². The molecule has 0 aliphatic carbocycles. The van der Waals surface area contributed by atoms with Gasteiger partial charge in [0, 0.05) is 18.7 Å². The fourth-order valence-corrected chi connectivity index (χ4v) is 2.76. The Balaban J connectivity index is 2.16. The van der Waals surface area contributed by atoms with Crippen molar-refractivity contribution < 1.29 is 18.7 Å². The topological polar surface area (TPSA) is 58.6 Å². The third kappa shape index (κ3) is 5.96. The third-order valence-corrected chi connectivity index (χ3v) is 4.52. The summed E-state index contributed by atoms with van der Waals surface area (Å²) in [5.41, 5.74) is 0.323. The van der Waals surface area contributed by atoms with Crippen molar-refractivity contribution in [1.29, 1.82) is 0 Å². The van der Waals surface area contributed by atoms with Crippen LogP contribution in [0, 0.1) is 5.82 Å². The molecule has 0 radical (unpaired) electrons. The molecule has 1 atom stereocenters. The maximum atomic E-state index is 14.1. The third-order valence-electron chi connectivity index (χ3n) is 4.20. The van der Waals surface area contributed by atoms with E-state index in [0.29, 0.717) is 22.9 Å². The van der Waals surface area contributed by atoms with Crippen molar-refractivity contribution >= 4 is 23.4 Å². The predicted molar refractivity (Wildman–Crippen MR) is 107 cm³/mol. The van der Waals surface area contributed by atoms with E-state index in [1.54, 1.807) is 49.4 Å². The van der Waals surface area contributed by atoms with Crippen LogP contribution in [-0.2, 0) is 16.1 Å². The van der Waals surface area contributed by atoms with Crippen LogP contribution in [0.1, 0.15) is 25.8 Å². The summed E-state index contributed by atoms with van der Waals surface area (Å²) >= 11 is 6.04. The first-order valence-corrected chi connectivity index (χ1v) is 9.49. The van der Waals surface area contributed by atoms with E-state index in [1.165, 1.54) is 11.0 Å². The zero-order chi connectivity index (χ0) is 20.5. The highest BCUT2D eigenvalue weighted by molar-refractivity contribution is 6.32. The Morgan fingerprint density at radius 3 is 2.54 bits per heavy atom. The van der Waals surface area contributed by atoms with Crippen molar-refractivity contribution in [2.45, 2.75) is 32.9 Å². The molecule has 7 heteroatoms. The Bertz CT molecular complexity index is 816. The molecule has 2 amide bonds. The molecular formula is C21H24ClFN2O3. The number of benzene rings is 2. The van der Waals surface area contributed by atoms with E-state index in [1.807, 2.05) is 6.92 Å². The van der Waals surface area contributed by atoms with Crippen LogP contribution in [0.4, 0.5) is 4.39 Å². The number of amides is 2. The summed E-state index contributed by atoms with van der Waals surface area (Å²) in [6, 6.07) is 12.2. The summed E-state index contributed by atoms with van der Waals surface area (Å²) < 4.78 is 19.6. The number of hydrogen-bond acceptors (Lipinski definition) is 3. The van der Waals surface area contributed by atoms with E-state index in [-0.39, 0.29) is 19.1 Å². The number of para-hydroxylation sites is 1. The van der Waals surface area contributed by atoms with Crippen molar-refractivity contribution in [3.63, 3.8) is 0 Å². The van der Waals surface area contributed by atoms with Gasteiger partial charge >= 0.3 is 0 Å². The number of nitrogens with zero attached hydrogens (tertiary/aromatic N) is 1. The highest BCUT2D eigenvalue weighted by Gasteiger charge is 2.27. The molecule has 2 aromatic rings. The zero-order valence-corrected chi connectivity index (χ0v) is 16.7. The van der Waals surface area contributed by atoms with E-state index in [2.05, 4.69) is 5.32 Å². The van der Waals surface area contributed by atoms with Gasteiger partial charge in [-0.1, -0.05) is 48.9 Å². The van der Waals surface area contributed by atoms with Gasteiger partial charge in [-0.05, 0) is 31.5 Å². The van der Waals surface area contributed by atoms with E-state index in [9.17, 15) is 14.0 Å². The van der Waals surface area contributed by atoms with Crippen LogP contribution in [0.15, 0.2) is 48.5 Å². The minimum atomic E-state index is -0.784. The van der Waals surface area contributed by atoms with E-state index >= 15 is 0 Å². The lowest BCUT2D eigenvalue weighted by molar-refractivity contribution is -0.142. The number of rotatable bonds is 9. The molecule has 0 heterocycles. The monoisotopic (exact) mass is 406 g/mol. The minimum Gasteiger partial charge on any atom is -0.482 e. The van der Waals surface area contributed by atoms with Crippen LogP contribution in [0.2, 0.25) is 5.02 Å². The first-order chi connectivity index (χ1) is 13.4. The van der Waals surface area contributed by atoms with Crippen molar-refractivity contribution in [1.82, 2.24) is 10.2 Å². The van der Waals surface area contributed by atoms with Gasteiger partial charge in [0.15, 0.2) is 6.61 Å².